The highest BCUT2D eigenvalue weighted by Gasteiger charge is 2.12. The minimum atomic E-state index is -0.529. The molecule has 2 rings (SSSR count). The van der Waals surface area contributed by atoms with Gasteiger partial charge in [0.05, 0.1) is 0 Å². The Morgan fingerprint density at radius 1 is 1.00 bits per heavy atom. The Labute approximate surface area is 116 Å². The molecule has 0 saturated heterocycles. The van der Waals surface area contributed by atoms with E-state index in [0.29, 0.717) is 12.1 Å². The minimum Gasteiger partial charge on any atom is -0.504 e. The molecule has 20 heavy (non-hydrogen) atoms. The average molecular weight is 277 g/mol. The van der Waals surface area contributed by atoms with Gasteiger partial charge in [-0.25, -0.2) is 4.39 Å². The predicted molar refractivity (Wildman–Crippen MR) is 73.1 cm³/mol. The number of rotatable bonds is 4. The summed E-state index contributed by atoms with van der Waals surface area (Å²) in [6.07, 6.45) is 0. The van der Waals surface area contributed by atoms with Crippen molar-refractivity contribution in [3.05, 3.63) is 53.3 Å². The van der Waals surface area contributed by atoms with E-state index in [0.717, 1.165) is 5.56 Å². The standard InChI is InChI=1S/C15H16FNO3/c1-9(10-2-5-12(16)6-3-10)17-8-11-4-7-13(18)15(20)14(11)19/h2-7,9,17-20H,8H2,1H3/t9-/m0/s1. The van der Waals surface area contributed by atoms with E-state index < -0.39 is 5.75 Å². The number of hydrogen-bond donors (Lipinski definition) is 4. The number of phenolic OH excluding ortho intramolecular Hbond substituents is 3. The van der Waals surface area contributed by atoms with Gasteiger partial charge in [0.15, 0.2) is 11.5 Å². The summed E-state index contributed by atoms with van der Waals surface area (Å²) in [5, 5.41) is 31.5. The zero-order valence-electron chi connectivity index (χ0n) is 11.0. The normalized spacial score (nSPS) is 12.3. The molecular weight excluding hydrogens is 261 g/mol. The van der Waals surface area contributed by atoms with Gasteiger partial charge in [-0.1, -0.05) is 18.2 Å². The summed E-state index contributed by atoms with van der Waals surface area (Å²) in [6.45, 7) is 2.21. The summed E-state index contributed by atoms with van der Waals surface area (Å²) in [6, 6.07) is 8.92. The first-order chi connectivity index (χ1) is 9.49. The molecule has 4 N–H and O–H groups in total. The van der Waals surface area contributed by atoms with Crippen LogP contribution in [0.15, 0.2) is 36.4 Å². The smallest absolute Gasteiger partial charge is 0.200 e. The Morgan fingerprint density at radius 2 is 1.65 bits per heavy atom. The lowest BCUT2D eigenvalue weighted by atomic mass is 10.1. The van der Waals surface area contributed by atoms with Crippen molar-refractivity contribution in [3.8, 4) is 17.2 Å². The van der Waals surface area contributed by atoms with Crippen LogP contribution in [0.25, 0.3) is 0 Å². The molecule has 0 radical (unpaired) electrons. The SMILES string of the molecule is C[C@H](NCc1ccc(O)c(O)c1O)c1ccc(F)cc1. The summed E-state index contributed by atoms with van der Waals surface area (Å²) >= 11 is 0. The van der Waals surface area contributed by atoms with Crippen molar-refractivity contribution in [2.75, 3.05) is 0 Å². The van der Waals surface area contributed by atoms with Crippen molar-refractivity contribution < 1.29 is 19.7 Å². The predicted octanol–water partition coefficient (Wildman–Crippen LogP) is 2.79. The van der Waals surface area contributed by atoms with Gasteiger partial charge >= 0.3 is 0 Å². The van der Waals surface area contributed by atoms with E-state index in [1.54, 1.807) is 12.1 Å². The molecule has 0 spiro atoms. The Morgan fingerprint density at radius 3 is 2.30 bits per heavy atom. The van der Waals surface area contributed by atoms with E-state index in [2.05, 4.69) is 5.32 Å². The highest BCUT2D eigenvalue weighted by molar-refractivity contribution is 5.53. The quantitative estimate of drug-likeness (QED) is 0.648. The molecule has 0 saturated carbocycles. The number of phenols is 3. The molecule has 5 heteroatoms. The summed E-state index contributed by atoms with van der Waals surface area (Å²) in [4.78, 5) is 0. The van der Waals surface area contributed by atoms with Gasteiger partial charge in [0.2, 0.25) is 5.75 Å². The molecule has 1 atom stereocenters. The average Bonchev–Trinajstić information content (AvgIpc) is 2.44. The summed E-state index contributed by atoms with van der Waals surface area (Å²) in [7, 11) is 0. The molecule has 0 aliphatic rings. The summed E-state index contributed by atoms with van der Waals surface area (Å²) < 4.78 is 12.8. The third-order valence-electron chi connectivity index (χ3n) is 3.18. The van der Waals surface area contributed by atoms with E-state index in [-0.39, 0.29) is 23.4 Å². The number of hydrogen-bond acceptors (Lipinski definition) is 4. The monoisotopic (exact) mass is 277 g/mol. The summed E-state index contributed by atoms with van der Waals surface area (Å²) in [5.41, 5.74) is 1.38. The lowest BCUT2D eigenvalue weighted by Crippen LogP contribution is -2.18. The van der Waals surface area contributed by atoms with E-state index in [9.17, 15) is 19.7 Å². The highest BCUT2D eigenvalue weighted by atomic mass is 19.1. The number of benzene rings is 2. The van der Waals surface area contributed by atoms with Crippen molar-refractivity contribution in [1.29, 1.82) is 0 Å². The molecule has 0 heterocycles. The second-order valence-electron chi connectivity index (χ2n) is 4.60. The van der Waals surface area contributed by atoms with Gasteiger partial charge in [0.1, 0.15) is 5.82 Å². The molecule has 0 unspecified atom stereocenters. The van der Waals surface area contributed by atoms with Crippen LogP contribution >= 0.6 is 0 Å². The molecule has 0 aliphatic carbocycles. The Bertz CT molecular complexity index is 599. The number of aromatic hydroxyl groups is 3. The lowest BCUT2D eigenvalue weighted by molar-refractivity contribution is 0.363. The van der Waals surface area contributed by atoms with E-state index in [4.69, 9.17) is 0 Å². The van der Waals surface area contributed by atoms with Gasteiger partial charge in [-0.05, 0) is 30.7 Å². The van der Waals surface area contributed by atoms with Gasteiger partial charge < -0.3 is 20.6 Å². The van der Waals surface area contributed by atoms with Gasteiger partial charge in [-0.15, -0.1) is 0 Å². The molecule has 0 aliphatic heterocycles. The van der Waals surface area contributed by atoms with Crippen LogP contribution < -0.4 is 5.32 Å². The fourth-order valence-electron chi connectivity index (χ4n) is 1.89. The highest BCUT2D eigenvalue weighted by Crippen LogP contribution is 2.37. The van der Waals surface area contributed by atoms with Crippen molar-refractivity contribution in [2.24, 2.45) is 0 Å². The molecule has 2 aromatic carbocycles. The molecule has 0 amide bonds. The van der Waals surface area contributed by atoms with Crippen molar-refractivity contribution in [3.63, 3.8) is 0 Å². The van der Waals surface area contributed by atoms with E-state index in [1.807, 2.05) is 6.92 Å². The maximum absolute atomic E-state index is 12.8. The third kappa shape index (κ3) is 3.00. The largest absolute Gasteiger partial charge is 0.504 e. The van der Waals surface area contributed by atoms with E-state index >= 15 is 0 Å². The van der Waals surface area contributed by atoms with Gasteiger partial charge in [0, 0.05) is 18.2 Å². The zero-order chi connectivity index (χ0) is 14.7. The Hall–Kier alpha value is -2.27. The fraction of sp³-hybridized carbons (Fsp3) is 0.200. The van der Waals surface area contributed by atoms with Gasteiger partial charge in [-0.3, -0.25) is 0 Å². The summed E-state index contributed by atoms with van der Waals surface area (Å²) in [5.74, 6) is -1.53. The molecule has 0 bridgehead atoms. The van der Waals surface area contributed by atoms with Crippen LogP contribution in [-0.2, 0) is 6.54 Å². The van der Waals surface area contributed by atoms with Crippen LogP contribution in [0.3, 0.4) is 0 Å². The van der Waals surface area contributed by atoms with Crippen LogP contribution in [-0.4, -0.2) is 15.3 Å². The molecular formula is C15H16FNO3. The minimum absolute atomic E-state index is 0.0501. The van der Waals surface area contributed by atoms with Crippen LogP contribution in [0.2, 0.25) is 0 Å². The molecule has 2 aromatic rings. The second kappa shape index (κ2) is 5.79. The number of halogens is 1. The maximum atomic E-state index is 12.8. The first-order valence-corrected chi connectivity index (χ1v) is 6.20. The molecule has 106 valence electrons. The molecule has 0 aromatic heterocycles. The lowest BCUT2D eigenvalue weighted by Gasteiger charge is -2.15. The Balaban J connectivity index is 2.05. The van der Waals surface area contributed by atoms with Gasteiger partial charge in [0.25, 0.3) is 0 Å². The maximum Gasteiger partial charge on any atom is 0.200 e. The number of nitrogens with one attached hydrogen (secondary N) is 1. The van der Waals surface area contributed by atoms with Crippen molar-refractivity contribution in [1.82, 2.24) is 5.32 Å². The topological polar surface area (TPSA) is 72.7 Å². The van der Waals surface area contributed by atoms with Crippen LogP contribution in [0.5, 0.6) is 17.2 Å². The fourth-order valence-corrected chi connectivity index (χ4v) is 1.89. The Kier molecular flexibility index (Phi) is 4.10. The van der Waals surface area contributed by atoms with Crippen molar-refractivity contribution >= 4 is 0 Å². The van der Waals surface area contributed by atoms with Crippen LogP contribution in [0, 0.1) is 5.82 Å². The molecule has 4 nitrogen and oxygen atoms in total. The van der Waals surface area contributed by atoms with Crippen molar-refractivity contribution in [2.45, 2.75) is 19.5 Å². The second-order valence-corrected chi connectivity index (χ2v) is 4.60. The first-order valence-electron chi connectivity index (χ1n) is 6.20. The zero-order valence-corrected chi connectivity index (χ0v) is 11.0. The van der Waals surface area contributed by atoms with Gasteiger partial charge in [-0.2, -0.15) is 0 Å². The van der Waals surface area contributed by atoms with E-state index in [1.165, 1.54) is 24.3 Å². The first kappa shape index (κ1) is 14.1. The third-order valence-corrected chi connectivity index (χ3v) is 3.18. The van der Waals surface area contributed by atoms with Crippen LogP contribution in [0.1, 0.15) is 24.1 Å². The van der Waals surface area contributed by atoms with Crippen LogP contribution in [0.4, 0.5) is 4.39 Å². The molecule has 0 fully saturated rings.